The van der Waals surface area contributed by atoms with Crippen LogP contribution in [-0.4, -0.2) is 41.0 Å². The van der Waals surface area contributed by atoms with E-state index in [0.29, 0.717) is 0 Å². The fourth-order valence-corrected chi connectivity index (χ4v) is 4.88. The average molecular weight is 252 g/mol. The van der Waals surface area contributed by atoms with Crippen molar-refractivity contribution in [1.82, 2.24) is 4.31 Å². The van der Waals surface area contributed by atoms with Gasteiger partial charge in [0.1, 0.15) is 6.04 Å². The van der Waals surface area contributed by atoms with Gasteiger partial charge in [-0.15, -0.1) is 11.8 Å². The largest absolute Gasteiger partial charge is 0.480 e. The molecule has 2 aliphatic rings. The minimum absolute atomic E-state index is 0.276. The van der Waals surface area contributed by atoms with E-state index in [1.165, 1.54) is 11.8 Å². The number of aliphatic carboxylic acids is 1. The van der Waals surface area contributed by atoms with Crippen LogP contribution in [0.2, 0.25) is 0 Å². The molecule has 15 heavy (non-hydrogen) atoms. The molecular formula is C7H12N2O4S2. The number of rotatable bonds is 3. The summed E-state index contributed by atoms with van der Waals surface area (Å²) in [6, 6.07) is -1.00. The highest BCUT2D eigenvalue weighted by Crippen LogP contribution is 2.46. The van der Waals surface area contributed by atoms with E-state index < -0.39 is 22.2 Å². The van der Waals surface area contributed by atoms with Gasteiger partial charge < -0.3 is 5.11 Å². The Kier molecular flexibility index (Phi) is 2.70. The lowest BCUT2D eigenvalue weighted by atomic mass is 10.3. The highest BCUT2D eigenvalue weighted by Gasteiger charge is 2.50. The van der Waals surface area contributed by atoms with E-state index in [2.05, 4.69) is 0 Å². The molecule has 1 saturated carbocycles. The van der Waals surface area contributed by atoms with Gasteiger partial charge in [-0.1, -0.05) is 0 Å². The van der Waals surface area contributed by atoms with E-state index in [1.54, 1.807) is 0 Å². The number of carboxylic acids is 1. The monoisotopic (exact) mass is 252 g/mol. The smallest absolute Gasteiger partial charge is 0.322 e. The fraction of sp³-hybridized carbons (Fsp3) is 0.857. The molecule has 1 heterocycles. The first kappa shape index (κ1) is 11.2. The van der Waals surface area contributed by atoms with Gasteiger partial charge in [-0.3, -0.25) is 4.79 Å². The third-order valence-electron chi connectivity index (χ3n) is 2.59. The van der Waals surface area contributed by atoms with E-state index >= 15 is 0 Å². The molecule has 0 radical (unpaired) electrons. The maximum absolute atomic E-state index is 11.3. The second-order valence-electron chi connectivity index (χ2n) is 3.79. The Balaban J connectivity index is 2.26. The molecule has 0 bridgehead atoms. The average Bonchev–Trinajstić information content (AvgIpc) is 2.81. The van der Waals surface area contributed by atoms with Crippen LogP contribution < -0.4 is 5.14 Å². The van der Waals surface area contributed by atoms with Crippen molar-refractivity contribution >= 4 is 27.9 Å². The van der Waals surface area contributed by atoms with Gasteiger partial charge in [0.05, 0.1) is 5.37 Å². The van der Waals surface area contributed by atoms with Crippen molar-refractivity contribution in [2.24, 2.45) is 11.1 Å². The van der Waals surface area contributed by atoms with Crippen molar-refractivity contribution in [2.75, 3.05) is 5.75 Å². The molecule has 2 atom stereocenters. The molecule has 0 aromatic heterocycles. The van der Waals surface area contributed by atoms with Crippen molar-refractivity contribution in [3.05, 3.63) is 0 Å². The standard InChI is InChI=1S/C7H12N2O4S2/c8-15(12,13)9-5(7(10)11)3-14-6(9)4-1-2-4/h4-6H,1-3H2,(H,10,11)(H2,8,12,13). The van der Waals surface area contributed by atoms with Gasteiger partial charge in [0, 0.05) is 5.75 Å². The van der Waals surface area contributed by atoms with Gasteiger partial charge in [0.2, 0.25) is 0 Å². The predicted octanol–water partition coefficient (Wildman–Crippen LogP) is -0.572. The van der Waals surface area contributed by atoms with Gasteiger partial charge >= 0.3 is 5.97 Å². The minimum atomic E-state index is -3.92. The van der Waals surface area contributed by atoms with Crippen LogP contribution in [0.5, 0.6) is 0 Å². The Morgan fingerprint density at radius 3 is 2.47 bits per heavy atom. The number of nitrogens with two attached hydrogens (primary N) is 1. The van der Waals surface area contributed by atoms with E-state index in [1.807, 2.05) is 0 Å². The molecule has 0 spiro atoms. The highest BCUT2D eigenvalue weighted by atomic mass is 32.2. The summed E-state index contributed by atoms with van der Waals surface area (Å²) in [4.78, 5) is 10.9. The first-order valence-electron chi connectivity index (χ1n) is 4.57. The molecule has 0 aromatic rings. The number of hydrogen-bond acceptors (Lipinski definition) is 4. The van der Waals surface area contributed by atoms with Crippen molar-refractivity contribution in [3.8, 4) is 0 Å². The number of hydrogen-bond donors (Lipinski definition) is 2. The zero-order valence-electron chi connectivity index (χ0n) is 7.87. The Labute approximate surface area is 92.0 Å². The van der Waals surface area contributed by atoms with Crippen molar-refractivity contribution in [1.29, 1.82) is 0 Å². The van der Waals surface area contributed by atoms with Crippen LogP contribution >= 0.6 is 11.8 Å². The summed E-state index contributed by atoms with van der Waals surface area (Å²) in [7, 11) is -3.92. The van der Waals surface area contributed by atoms with Crippen molar-refractivity contribution < 1.29 is 18.3 Å². The summed E-state index contributed by atoms with van der Waals surface area (Å²) >= 11 is 1.37. The second-order valence-corrected chi connectivity index (χ2v) is 6.39. The summed E-state index contributed by atoms with van der Waals surface area (Å²) in [5.74, 6) is -0.565. The van der Waals surface area contributed by atoms with Crippen LogP contribution in [0.3, 0.4) is 0 Å². The lowest BCUT2D eigenvalue weighted by Crippen LogP contribution is -2.49. The molecule has 0 aromatic carbocycles. The number of nitrogens with zero attached hydrogens (tertiary/aromatic N) is 1. The topological polar surface area (TPSA) is 101 Å². The lowest BCUT2D eigenvalue weighted by molar-refractivity contribution is -0.140. The SMILES string of the molecule is NS(=O)(=O)N1C(C(=O)O)CSC1C1CC1. The summed E-state index contributed by atoms with van der Waals surface area (Å²) in [5, 5.41) is 13.7. The maximum Gasteiger partial charge on any atom is 0.322 e. The van der Waals surface area contributed by atoms with Crippen LogP contribution in [0.4, 0.5) is 0 Å². The first-order valence-corrected chi connectivity index (χ1v) is 7.12. The summed E-state index contributed by atoms with van der Waals surface area (Å²) < 4.78 is 23.6. The van der Waals surface area contributed by atoms with Crippen LogP contribution in [0, 0.1) is 5.92 Å². The van der Waals surface area contributed by atoms with E-state index in [4.69, 9.17) is 10.2 Å². The zero-order valence-corrected chi connectivity index (χ0v) is 9.50. The Morgan fingerprint density at radius 1 is 1.47 bits per heavy atom. The number of carboxylic acid groups (broad SMARTS) is 1. The van der Waals surface area contributed by atoms with Crippen LogP contribution in [0.1, 0.15) is 12.8 Å². The Hall–Kier alpha value is -0.310. The zero-order chi connectivity index (χ0) is 11.2. The molecular weight excluding hydrogens is 240 g/mol. The maximum atomic E-state index is 11.3. The van der Waals surface area contributed by atoms with Gasteiger partial charge in [-0.2, -0.15) is 12.7 Å². The molecule has 1 aliphatic heterocycles. The Morgan fingerprint density at radius 2 is 2.07 bits per heavy atom. The van der Waals surface area contributed by atoms with E-state index in [-0.39, 0.29) is 17.0 Å². The third-order valence-corrected chi connectivity index (χ3v) is 5.25. The molecule has 3 N–H and O–H groups in total. The van der Waals surface area contributed by atoms with Crippen LogP contribution in [0.25, 0.3) is 0 Å². The molecule has 8 heteroatoms. The third kappa shape index (κ3) is 2.12. The summed E-state index contributed by atoms with van der Waals surface area (Å²) in [6.07, 6.45) is 1.91. The lowest BCUT2D eigenvalue weighted by Gasteiger charge is -2.23. The predicted molar refractivity (Wildman–Crippen MR) is 55.3 cm³/mol. The first-order chi connectivity index (χ1) is 6.91. The fourth-order valence-electron chi connectivity index (χ4n) is 1.74. The van der Waals surface area contributed by atoms with Crippen LogP contribution in [0.15, 0.2) is 0 Å². The molecule has 86 valence electrons. The summed E-state index contributed by atoms with van der Waals surface area (Å²) in [6.45, 7) is 0. The number of carbonyl (C=O) groups is 1. The molecule has 2 rings (SSSR count). The molecule has 2 fully saturated rings. The molecule has 0 amide bonds. The van der Waals surface area contributed by atoms with Gasteiger partial charge in [-0.05, 0) is 18.8 Å². The van der Waals surface area contributed by atoms with Crippen molar-refractivity contribution in [2.45, 2.75) is 24.3 Å². The highest BCUT2D eigenvalue weighted by molar-refractivity contribution is 8.01. The summed E-state index contributed by atoms with van der Waals surface area (Å²) in [5.41, 5.74) is 0. The molecule has 1 saturated heterocycles. The molecule has 6 nitrogen and oxygen atoms in total. The van der Waals surface area contributed by atoms with Gasteiger partial charge in [0.15, 0.2) is 0 Å². The van der Waals surface area contributed by atoms with E-state index in [9.17, 15) is 13.2 Å². The molecule has 1 aliphatic carbocycles. The van der Waals surface area contributed by atoms with Gasteiger partial charge in [-0.25, -0.2) is 5.14 Å². The number of thioether (sulfide) groups is 1. The van der Waals surface area contributed by atoms with E-state index in [0.717, 1.165) is 17.1 Å². The van der Waals surface area contributed by atoms with Crippen LogP contribution in [-0.2, 0) is 15.0 Å². The molecule has 2 unspecified atom stereocenters. The quantitative estimate of drug-likeness (QED) is 0.700. The normalized spacial score (nSPS) is 33.1. The van der Waals surface area contributed by atoms with Crippen molar-refractivity contribution in [3.63, 3.8) is 0 Å². The minimum Gasteiger partial charge on any atom is -0.480 e. The van der Waals surface area contributed by atoms with Gasteiger partial charge in [0.25, 0.3) is 10.2 Å². The Bertz CT molecular complexity index is 378. The second kappa shape index (κ2) is 3.62.